The average molecular weight is 315 g/mol. The highest BCUT2D eigenvalue weighted by molar-refractivity contribution is 6.37. The number of benzene rings is 1. The molecule has 0 radical (unpaired) electrons. The summed E-state index contributed by atoms with van der Waals surface area (Å²) in [5.41, 5.74) is -0.814. The summed E-state index contributed by atoms with van der Waals surface area (Å²) in [7, 11) is 0. The van der Waals surface area contributed by atoms with Gasteiger partial charge in [0, 0.05) is 17.9 Å². The van der Waals surface area contributed by atoms with Gasteiger partial charge in [-0.1, -0.05) is 11.6 Å². The summed E-state index contributed by atoms with van der Waals surface area (Å²) in [6.07, 6.45) is -1.46. The van der Waals surface area contributed by atoms with Gasteiger partial charge < -0.3 is 24.8 Å². The van der Waals surface area contributed by atoms with Crippen LogP contribution in [0.4, 0.5) is 0 Å². The first kappa shape index (κ1) is 15.6. The van der Waals surface area contributed by atoms with Gasteiger partial charge in [0.25, 0.3) is 0 Å². The highest BCUT2D eigenvalue weighted by atomic mass is 35.5. The third-order valence-electron chi connectivity index (χ3n) is 3.04. The molecule has 6 nitrogen and oxygen atoms in total. The van der Waals surface area contributed by atoms with E-state index in [1.165, 1.54) is 13.0 Å². The molecule has 2 aromatic rings. The Morgan fingerprint density at radius 3 is 2.52 bits per heavy atom. The fourth-order valence-electron chi connectivity index (χ4n) is 2.17. The molecule has 0 amide bonds. The fraction of sp³-hybridized carbons (Fsp3) is 0.357. The molecule has 1 heterocycles. The highest BCUT2D eigenvalue weighted by Crippen LogP contribution is 2.36. The monoisotopic (exact) mass is 314 g/mol. The van der Waals surface area contributed by atoms with Crippen LogP contribution in [-0.4, -0.2) is 32.6 Å². The van der Waals surface area contributed by atoms with Gasteiger partial charge >= 0.3 is 5.63 Å². The van der Waals surface area contributed by atoms with E-state index in [1.807, 2.05) is 0 Å². The van der Waals surface area contributed by atoms with Crippen LogP contribution in [0.3, 0.4) is 0 Å². The van der Waals surface area contributed by atoms with Crippen molar-refractivity contribution in [2.45, 2.75) is 32.0 Å². The minimum absolute atomic E-state index is 0.00280. The Labute approximate surface area is 124 Å². The Kier molecular flexibility index (Phi) is 4.41. The van der Waals surface area contributed by atoms with Crippen molar-refractivity contribution in [2.24, 2.45) is 0 Å². The van der Waals surface area contributed by atoms with Gasteiger partial charge in [-0.3, -0.25) is 0 Å². The van der Waals surface area contributed by atoms with Crippen LogP contribution < -0.4 is 5.63 Å². The second-order valence-electron chi connectivity index (χ2n) is 4.96. The van der Waals surface area contributed by atoms with Crippen molar-refractivity contribution >= 4 is 22.4 Å². The molecule has 2 rings (SSSR count). The van der Waals surface area contributed by atoms with Crippen LogP contribution in [0.25, 0.3) is 10.8 Å². The summed E-state index contributed by atoms with van der Waals surface area (Å²) in [4.78, 5) is 11.9. The molecule has 1 aromatic carbocycles. The van der Waals surface area contributed by atoms with Gasteiger partial charge in [-0.2, -0.15) is 0 Å². The van der Waals surface area contributed by atoms with Crippen LogP contribution in [0.2, 0.25) is 5.02 Å². The molecule has 7 heteroatoms. The second-order valence-corrected chi connectivity index (χ2v) is 5.34. The Morgan fingerprint density at radius 2 is 1.90 bits per heavy atom. The molecule has 0 aliphatic carbocycles. The summed E-state index contributed by atoms with van der Waals surface area (Å²) in [6, 6.07) is 2.34. The fourth-order valence-corrected chi connectivity index (χ4v) is 2.37. The molecule has 4 N–H and O–H groups in total. The molecule has 114 valence electrons. The van der Waals surface area contributed by atoms with Crippen LogP contribution in [-0.2, 0) is 6.42 Å². The summed E-state index contributed by atoms with van der Waals surface area (Å²) >= 11 is 5.92. The van der Waals surface area contributed by atoms with Gasteiger partial charge in [-0.25, -0.2) is 4.79 Å². The highest BCUT2D eigenvalue weighted by Gasteiger charge is 2.17. The third-order valence-corrected chi connectivity index (χ3v) is 3.44. The molecule has 0 aliphatic rings. The predicted molar refractivity (Wildman–Crippen MR) is 76.8 cm³/mol. The Hall–Kier alpha value is -1.76. The number of aliphatic hydroxyl groups excluding tert-OH is 2. The van der Waals surface area contributed by atoms with Crippen molar-refractivity contribution < 1.29 is 24.8 Å². The van der Waals surface area contributed by atoms with Crippen molar-refractivity contribution in [3.63, 3.8) is 0 Å². The Bertz CT molecular complexity index is 721. The first-order valence-corrected chi connectivity index (χ1v) is 6.70. The lowest BCUT2D eigenvalue weighted by Crippen LogP contribution is -2.18. The topological polar surface area (TPSA) is 111 Å². The first-order chi connectivity index (χ1) is 9.79. The second kappa shape index (κ2) is 5.93. The maximum atomic E-state index is 11.9. The molecule has 0 saturated carbocycles. The molecule has 2 unspecified atom stereocenters. The molecule has 0 bridgehead atoms. The normalized spacial score (nSPS) is 14.3. The van der Waals surface area contributed by atoms with Crippen molar-refractivity contribution in [1.29, 1.82) is 0 Å². The molecule has 21 heavy (non-hydrogen) atoms. The van der Waals surface area contributed by atoms with Crippen molar-refractivity contribution in [1.82, 2.24) is 0 Å². The molecular formula is C14H15ClO6. The molecular weight excluding hydrogens is 300 g/mol. The lowest BCUT2D eigenvalue weighted by molar-refractivity contribution is 0.0871. The van der Waals surface area contributed by atoms with Crippen molar-refractivity contribution in [2.75, 3.05) is 0 Å². The zero-order valence-corrected chi connectivity index (χ0v) is 12.0. The first-order valence-electron chi connectivity index (χ1n) is 6.33. The van der Waals surface area contributed by atoms with Crippen LogP contribution in [0.15, 0.2) is 21.3 Å². The molecule has 0 saturated heterocycles. The van der Waals surface area contributed by atoms with E-state index in [-0.39, 0.29) is 40.1 Å². The van der Waals surface area contributed by atoms with E-state index in [1.54, 1.807) is 0 Å². The van der Waals surface area contributed by atoms with Gasteiger partial charge in [0.05, 0.1) is 17.2 Å². The number of halogens is 1. The number of phenolic OH excluding ortho intramolecular Hbond substituents is 2. The number of phenols is 2. The third kappa shape index (κ3) is 3.29. The van der Waals surface area contributed by atoms with Crippen molar-refractivity contribution in [3.8, 4) is 11.5 Å². The number of fused-ring (bicyclic) bond motifs is 1. The van der Waals surface area contributed by atoms with Crippen LogP contribution in [0.1, 0.15) is 19.1 Å². The quantitative estimate of drug-likeness (QED) is 0.681. The van der Waals surface area contributed by atoms with Gasteiger partial charge in [-0.15, -0.1) is 0 Å². The summed E-state index contributed by atoms with van der Waals surface area (Å²) in [6.45, 7) is 1.53. The average Bonchev–Trinajstić information content (AvgIpc) is 2.34. The lowest BCUT2D eigenvalue weighted by atomic mass is 10.1. The maximum absolute atomic E-state index is 11.9. The van der Waals surface area contributed by atoms with E-state index in [0.717, 1.165) is 6.07 Å². The zero-order chi connectivity index (χ0) is 15.7. The molecule has 2 atom stereocenters. The van der Waals surface area contributed by atoms with E-state index >= 15 is 0 Å². The van der Waals surface area contributed by atoms with Gasteiger partial charge in [0.1, 0.15) is 22.6 Å². The SMILES string of the molecule is CC(O)CC(O)Cc1cc2c(Cl)c(O)cc(O)c2c(=O)o1. The van der Waals surface area contributed by atoms with Gasteiger partial charge in [0.15, 0.2) is 0 Å². The minimum Gasteiger partial charge on any atom is -0.507 e. The number of aromatic hydroxyl groups is 2. The summed E-state index contributed by atoms with van der Waals surface area (Å²) in [5.74, 6) is -0.646. The zero-order valence-electron chi connectivity index (χ0n) is 11.2. The van der Waals surface area contributed by atoms with Gasteiger partial charge in [-0.05, 0) is 19.4 Å². The lowest BCUT2D eigenvalue weighted by Gasteiger charge is -2.12. The van der Waals surface area contributed by atoms with Crippen LogP contribution >= 0.6 is 11.6 Å². The Morgan fingerprint density at radius 1 is 1.24 bits per heavy atom. The van der Waals surface area contributed by atoms with E-state index in [0.29, 0.717) is 0 Å². The largest absolute Gasteiger partial charge is 0.507 e. The number of aliphatic hydroxyl groups is 2. The number of hydrogen-bond acceptors (Lipinski definition) is 6. The molecule has 1 aromatic heterocycles. The Balaban J connectivity index is 2.49. The predicted octanol–water partition coefficient (Wildman–Crippen LogP) is 1.53. The van der Waals surface area contributed by atoms with E-state index in [4.69, 9.17) is 16.0 Å². The van der Waals surface area contributed by atoms with E-state index in [2.05, 4.69) is 0 Å². The smallest absolute Gasteiger partial charge is 0.347 e. The molecule has 0 spiro atoms. The maximum Gasteiger partial charge on any atom is 0.347 e. The van der Waals surface area contributed by atoms with Crippen LogP contribution in [0.5, 0.6) is 11.5 Å². The number of hydrogen-bond donors (Lipinski definition) is 4. The summed E-state index contributed by atoms with van der Waals surface area (Å²) in [5, 5.41) is 38.2. The van der Waals surface area contributed by atoms with Crippen LogP contribution in [0, 0.1) is 0 Å². The molecule has 0 aliphatic heterocycles. The van der Waals surface area contributed by atoms with Gasteiger partial charge in [0.2, 0.25) is 0 Å². The minimum atomic E-state index is -0.893. The summed E-state index contributed by atoms with van der Waals surface area (Å²) < 4.78 is 5.02. The van der Waals surface area contributed by atoms with E-state index in [9.17, 15) is 25.2 Å². The van der Waals surface area contributed by atoms with E-state index < -0.39 is 23.6 Å². The molecule has 0 fully saturated rings. The number of rotatable bonds is 4. The standard InChI is InChI=1S/C14H15ClO6/c1-6(16)2-7(17)3-8-4-9-12(14(20)21-8)10(18)5-11(19)13(9)15/h4-7,16-19H,2-3H2,1H3. The van der Waals surface area contributed by atoms with Crippen molar-refractivity contribution in [3.05, 3.63) is 33.3 Å².